The molecular weight excluding hydrogens is 299 g/mol. The van der Waals surface area contributed by atoms with Crippen molar-refractivity contribution in [3.63, 3.8) is 0 Å². The Hall–Kier alpha value is -1.71. The molecule has 104 valence electrons. The van der Waals surface area contributed by atoms with Gasteiger partial charge in [-0.3, -0.25) is 4.79 Å². The van der Waals surface area contributed by atoms with Crippen LogP contribution in [0, 0.1) is 0 Å². The summed E-state index contributed by atoms with van der Waals surface area (Å²) in [6.07, 6.45) is 0. The molecule has 0 amide bonds. The minimum absolute atomic E-state index is 0.248. The molecule has 0 radical (unpaired) electrons. The van der Waals surface area contributed by atoms with Crippen molar-refractivity contribution in [2.75, 3.05) is 14.2 Å². The minimum Gasteiger partial charge on any atom is -0.497 e. The number of hydrogen-bond donors (Lipinski definition) is 0. The molecule has 2 aromatic carbocycles. The first-order chi connectivity index (χ1) is 9.56. The molecule has 0 saturated heterocycles. The normalized spacial score (nSPS) is 10.2. The van der Waals surface area contributed by atoms with Crippen LogP contribution >= 0.6 is 23.2 Å². The number of rotatable bonds is 4. The molecule has 3 nitrogen and oxygen atoms in total. The van der Waals surface area contributed by atoms with Gasteiger partial charge in [-0.25, -0.2) is 0 Å². The summed E-state index contributed by atoms with van der Waals surface area (Å²) < 4.78 is 10.3. The zero-order valence-corrected chi connectivity index (χ0v) is 12.5. The smallest absolute Gasteiger partial charge is 0.198 e. The van der Waals surface area contributed by atoms with E-state index in [2.05, 4.69) is 0 Å². The number of carbonyl (C=O) groups is 1. The Labute approximate surface area is 127 Å². The lowest BCUT2D eigenvalue weighted by Gasteiger charge is -2.10. The van der Waals surface area contributed by atoms with Gasteiger partial charge in [0.05, 0.1) is 24.8 Å². The number of benzene rings is 2. The Bertz CT molecular complexity index is 654. The first kappa shape index (κ1) is 14.7. The maximum atomic E-state index is 12.6. The van der Waals surface area contributed by atoms with E-state index < -0.39 is 0 Å². The highest BCUT2D eigenvalue weighted by molar-refractivity contribution is 6.37. The summed E-state index contributed by atoms with van der Waals surface area (Å²) in [4.78, 5) is 12.6. The highest BCUT2D eigenvalue weighted by Gasteiger charge is 2.18. The third-order valence-corrected chi connectivity index (χ3v) is 3.37. The molecule has 2 rings (SSSR count). The number of carbonyl (C=O) groups excluding carboxylic acids is 1. The van der Waals surface area contributed by atoms with Crippen molar-refractivity contribution in [3.05, 3.63) is 57.6 Å². The largest absolute Gasteiger partial charge is 0.497 e. The van der Waals surface area contributed by atoms with Crippen LogP contribution in [0.15, 0.2) is 36.4 Å². The molecule has 0 fully saturated rings. The highest BCUT2D eigenvalue weighted by Crippen LogP contribution is 2.29. The standard InChI is InChI=1S/C15H12Cl2O3/c1-19-10-4-6-14(20-2)12(8-10)15(18)11-5-3-9(16)7-13(11)17/h3-8H,1-2H3. The Balaban J connectivity index is 2.51. The van der Waals surface area contributed by atoms with Crippen LogP contribution in [-0.2, 0) is 0 Å². The molecule has 5 heteroatoms. The summed E-state index contributed by atoms with van der Waals surface area (Å²) in [5, 5.41) is 0.775. The van der Waals surface area contributed by atoms with Gasteiger partial charge in [0.2, 0.25) is 0 Å². The minimum atomic E-state index is -0.248. The monoisotopic (exact) mass is 310 g/mol. The van der Waals surface area contributed by atoms with E-state index >= 15 is 0 Å². The molecule has 20 heavy (non-hydrogen) atoms. The number of ketones is 1. The molecule has 0 N–H and O–H groups in total. The highest BCUT2D eigenvalue weighted by atomic mass is 35.5. The Morgan fingerprint density at radius 1 is 0.950 bits per heavy atom. The SMILES string of the molecule is COc1ccc(OC)c(C(=O)c2ccc(Cl)cc2Cl)c1. The van der Waals surface area contributed by atoms with E-state index in [0.29, 0.717) is 32.7 Å². The van der Waals surface area contributed by atoms with Gasteiger partial charge in [-0.15, -0.1) is 0 Å². The lowest BCUT2D eigenvalue weighted by molar-refractivity contribution is 0.103. The van der Waals surface area contributed by atoms with Crippen LogP contribution in [0.1, 0.15) is 15.9 Å². The van der Waals surface area contributed by atoms with Crippen LogP contribution in [0.25, 0.3) is 0 Å². The van der Waals surface area contributed by atoms with Gasteiger partial charge in [0.25, 0.3) is 0 Å². The van der Waals surface area contributed by atoms with E-state index in [9.17, 15) is 4.79 Å². The van der Waals surface area contributed by atoms with E-state index in [1.54, 1.807) is 30.3 Å². The fourth-order valence-electron chi connectivity index (χ4n) is 1.81. The van der Waals surface area contributed by atoms with E-state index in [1.165, 1.54) is 20.3 Å². The number of methoxy groups -OCH3 is 2. The number of halogens is 2. The summed E-state index contributed by atoms with van der Waals surface area (Å²) in [6.45, 7) is 0. The van der Waals surface area contributed by atoms with Crippen molar-refractivity contribution in [2.45, 2.75) is 0 Å². The number of hydrogen-bond acceptors (Lipinski definition) is 3. The fraction of sp³-hybridized carbons (Fsp3) is 0.133. The van der Waals surface area contributed by atoms with Crippen LogP contribution in [0.3, 0.4) is 0 Å². The first-order valence-corrected chi connectivity index (χ1v) is 6.54. The van der Waals surface area contributed by atoms with Crippen molar-refractivity contribution in [3.8, 4) is 11.5 Å². The molecular formula is C15H12Cl2O3. The molecule has 0 unspecified atom stereocenters. The van der Waals surface area contributed by atoms with Crippen LogP contribution in [0.2, 0.25) is 10.0 Å². The summed E-state index contributed by atoms with van der Waals surface area (Å²) in [7, 11) is 3.04. The van der Waals surface area contributed by atoms with Gasteiger partial charge in [-0.1, -0.05) is 23.2 Å². The zero-order valence-electron chi connectivity index (χ0n) is 10.9. The Morgan fingerprint density at radius 3 is 2.30 bits per heavy atom. The van der Waals surface area contributed by atoms with E-state index in [1.807, 2.05) is 0 Å². The van der Waals surface area contributed by atoms with E-state index in [-0.39, 0.29) is 5.78 Å². The second-order valence-corrected chi connectivity index (χ2v) is 4.86. The Morgan fingerprint density at radius 2 is 1.70 bits per heavy atom. The molecule has 0 aliphatic rings. The van der Waals surface area contributed by atoms with Crippen molar-refractivity contribution in [2.24, 2.45) is 0 Å². The average Bonchev–Trinajstić information content (AvgIpc) is 2.46. The summed E-state index contributed by atoms with van der Waals surface area (Å²) in [5.41, 5.74) is 0.749. The summed E-state index contributed by atoms with van der Waals surface area (Å²) in [6, 6.07) is 9.75. The summed E-state index contributed by atoms with van der Waals surface area (Å²) in [5.74, 6) is 0.781. The third kappa shape index (κ3) is 2.89. The maximum absolute atomic E-state index is 12.6. The van der Waals surface area contributed by atoms with E-state index in [0.717, 1.165) is 0 Å². The van der Waals surface area contributed by atoms with Gasteiger partial charge in [0.1, 0.15) is 11.5 Å². The predicted octanol–water partition coefficient (Wildman–Crippen LogP) is 4.24. The van der Waals surface area contributed by atoms with Gasteiger partial charge >= 0.3 is 0 Å². The average molecular weight is 311 g/mol. The lowest BCUT2D eigenvalue weighted by atomic mass is 10.0. The van der Waals surface area contributed by atoms with Crippen molar-refractivity contribution in [1.82, 2.24) is 0 Å². The van der Waals surface area contributed by atoms with E-state index in [4.69, 9.17) is 32.7 Å². The second kappa shape index (κ2) is 6.16. The van der Waals surface area contributed by atoms with Crippen molar-refractivity contribution >= 4 is 29.0 Å². The van der Waals surface area contributed by atoms with Crippen LogP contribution in [0.5, 0.6) is 11.5 Å². The molecule has 0 atom stereocenters. The third-order valence-electron chi connectivity index (χ3n) is 2.83. The van der Waals surface area contributed by atoms with Crippen molar-refractivity contribution in [1.29, 1.82) is 0 Å². The van der Waals surface area contributed by atoms with Gasteiger partial charge < -0.3 is 9.47 Å². The van der Waals surface area contributed by atoms with Gasteiger partial charge in [0.15, 0.2) is 5.78 Å². The second-order valence-electron chi connectivity index (χ2n) is 4.02. The zero-order chi connectivity index (χ0) is 14.7. The molecule has 0 saturated carbocycles. The van der Waals surface area contributed by atoms with Gasteiger partial charge in [-0.05, 0) is 36.4 Å². The number of ether oxygens (including phenoxy) is 2. The lowest BCUT2D eigenvalue weighted by Crippen LogP contribution is -2.05. The molecule has 0 aromatic heterocycles. The first-order valence-electron chi connectivity index (χ1n) is 5.78. The van der Waals surface area contributed by atoms with Crippen LogP contribution < -0.4 is 9.47 Å². The molecule has 0 aliphatic carbocycles. The Kier molecular flexibility index (Phi) is 4.53. The van der Waals surface area contributed by atoms with Crippen molar-refractivity contribution < 1.29 is 14.3 Å². The predicted molar refractivity (Wildman–Crippen MR) is 79.4 cm³/mol. The molecule has 0 spiro atoms. The summed E-state index contributed by atoms with van der Waals surface area (Å²) >= 11 is 11.9. The van der Waals surface area contributed by atoms with Crippen LogP contribution in [-0.4, -0.2) is 20.0 Å². The topological polar surface area (TPSA) is 35.5 Å². The molecule has 0 bridgehead atoms. The molecule has 0 heterocycles. The van der Waals surface area contributed by atoms with Gasteiger partial charge in [0, 0.05) is 10.6 Å². The molecule has 2 aromatic rings. The maximum Gasteiger partial charge on any atom is 0.198 e. The quantitative estimate of drug-likeness (QED) is 0.792. The molecule has 0 aliphatic heterocycles. The fourth-order valence-corrected chi connectivity index (χ4v) is 2.30. The van der Waals surface area contributed by atoms with Gasteiger partial charge in [-0.2, -0.15) is 0 Å². The van der Waals surface area contributed by atoms with Crippen LogP contribution in [0.4, 0.5) is 0 Å².